The van der Waals surface area contributed by atoms with Crippen LogP contribution in [0.15, 0.2) is 24.3 Å². The molecule has 100 valence electrons. The summed E-state index contributed by atoms with van der Waals surface area (Å²) in [5.41, 5.74) is 0.266. The van der Waals surface area contributed by atoms with Gasteiger partial charge in [-0.1, -0.05) is 18.2 Å². The Hall–Kier alpha value is -1.30. The number of carbonyl (C=O) groups is 1. The third-order valence-electron chi connectivity index (χ3n) is 2.04. The number of hydrogen-bond acceptors (Lipinski definition) is 2. The van der Waals surface area contributed by atoms with Gasteiger partial charge in [-0.15, -0.1) is 0 Å². The average molecular weight is 285 g/mol. The summed E-state index contributed by atoms with van der Waals surface area (Å²) in [6.45, 7) is -1.46. The van der Waals surface area contributed by atoms with Gasteiger partial charge in [0.2, 0.25) is 5.24 Å². The predicted octanol–water partition coefficient (Wildman–Crippen LogP) is 3.27. The fourth-order valence-corrected chi connectivity index (χ4v) is 1.32. The standard InChI is InChI=1S/C11H9ClF4O2/c12-9(17)5-7-3-1-2-4-8(7)18-6-11(15,16)10(13)14/h1-4,10H,5-6H2. The van der Waals surface area contributed by atoms with Crippen molar-refractivity contribution in [3.8, 4) is 5.75 Å². The molecule has 0 fully saturated rings. The first-order valence-electron chi connectivity index (χ1n) is 4.88. The second kappa shape index (κ2) is 6.04. The minimum Gasteiger partial charge on any atom is -0.487 e. The highest BCUT2D eigenvalue weighted by Gasteiger charge is 2.41. The van der Waals surface area contributed by atoms with E-state index in [-0.39, 0.29) is 17.7 Å². The Kier molecular flexibility index (Phi) is 4.95. The van der Waals surface area contributed by atoms with E-state index in [0.29, 0.717) is 0 Å². The fourth-order valence-electron chi connectivity index (χ4n) is 1.18. The van der Waals surface area contributed by atoms with E-state index >= 15 is 0 Å². The minimum absolute atomic E-state index is 0.0631. The first-order chi connectivity index (χ1) is 8.33. The number of ether oxygens (including phenoxy) is 1. The molecule has 18 heavy (non-hydrogen) atoms. The van der Waals surface area contributed by atoms with Gasteiger partial charge in [-0.2, -0.15) is 8.78 Å². The Morgan fingerprint density at radius 3 is 2.50 bits per heavy atom. The van der Waals surface area contributed by atoms with Crippen LogP contribution in [0.1, 0.15) is 5.56 Å². The van der Waals surface area contributed by atoms with Crippen LogP contribution >= 0.6 is 11.6 Å². The van der Waals surface area contributed by atoms with E-state index in [0.717, 1.165) is 0 Å². The van der Waals surface area contributed by atoms with Crippen molar-refractivity contribution < 1.29 is 27.1 Å². The van der Waals surface area contributed by atoms with Gasteiger partial charge in [0.1, 0.15) is 5.75 Å². The maximum absolute atomic E-state index is 12.7. The molecule has 0 atom stereocenters. The molecule has 0 saturated heterocycles. The van der Waals surface area contributed by atoms with E-state index in [1.807, 2.05) is 0 Å². The maximum Gasteiger partial charge on any atom is 0.340 e. The van der Waals surface area contributed by atoms with Crippen molar-refractivity contribution in [2.24, 2.45) is 0 Å². The number of alkyl halides is 4. The Morgan fingerprint density at radius 1 is 1.33 bits per heavy atom. The normalized spacial score (nSPS) is 11.7. The molecule has 0 spiro atoms. The summed E-state index contributed by atoms with van der Waals surface area (Å²) in [6, 6.07) is 5.76. The van der Waals surface area contributed by atoms with Crippen molar-refractivity contribution in [3.05, 3.63) is 29.8 Å². The molecule has 1 rings (SSSR count). The highest BCUT2D eigenvalue weighted by molar-refractivity contribution is 6.63. The van der Waals surface area contributed by atoms with Gasteiger partial charge in [-0.25, -0.2) is 8.78 Å². The Labute approximate surface area is 105 Å². The molecule has 0 aromatic heterocycles. The van der Waals surface area contributed by atoms with Crippen molar-refractivity contribution in [1.29, 1.82) is 0 Å². The van der Waals surface area contributed by atoms with Gasteiger partial charge in [0.25, 0.3) is 0 Å². The van der Waals surface area contributed by atoms with E-state index in [9.17, 15) is 22.4 Å². The zero-order valence-corrected chi connectivity index (χ0v) is 9.76. The van der Waals surface area contributed by atoms with Gasteiger partial charge in [0.05, 0.1) is 6.42 Å². The molecule has 0 aliphatic heterocycles. The Bertz CT molecular complexity index is 423. The van der Waals surface area contributed by atoms with E-state index in [2.05, 4.69) is 4.74 Å². The van der Waals surface area contributed by atoms with Crippen molar-refractivity contribution in [1.82, 2.24) is 0 Å². The molecule has 0 amide bonds. The van der Waals surface area contributed by atoms with Gasteiger partial charge in [0.15, 0.2) is 6.61 Å². The molecule has 0 N–H and O–H groups in total. The quantitative estimate of drug-likeness (QED) is 0.592. The first-order valence-corrected chi connectivity index (χ1v) is 5.25. The number of rotatable bonds is 6. The number of benzene rings is 1. The van der Waals surface area contributed by atoms with E-state index in [1.54, 1.807) is 6.07 Å². The zero-order valence-electron chi connectivity index (χ0n) is 9.01. The molecule has 0 saturated carbocycles. The Morgan fingerprint density at radius 2 is 1.94 bits per heavy atom. The van der Waals surface area contributed by atoms with Crippen LogP contribution in [0, 0.1) is 0 Å². The maximum atomic E-state index is 12.7. The first kappa shape index (κ1) is 14.8. The van der Waals surface area contributed by atoms with Crippen LogP contribution in [0.5, 0.6) is 5.75 Å². The lowest BCUT2D eigenvalue weighted by atomic mass is 10.1. The molecule has 1 aromatic carbocycles. The van der Waals surface area contributed by atoms with E-state index in [1.165, 1.54) is 18.2 Å². The second-order valence-electron chi connectivity index (χ2n) is 3.49. The lowest BCUT2D eigenvalue weighted by Crippen LogP contribution is -2.33. The lowest BCUT2D eigenvalue weighted by Gasteiger charge is -2.17. The van der Waals surface area contributed by atoms with Gasteiger partial charge in [0, 0.05) is 5.56 Å². The SMILES string of the molecule is O=C(Cl)Cc1ccccc1OCC(F)(F)C(F)F. The zero-order chi connectivity index (χ0) is 13.8. The van der Waals surface area contributed by atoms with Crippen LogP contribution in [-0.4, -0.2) is 24.2 Å². The summed E-state index contributed by atoms with van der Waals surface area (Å²) >= 11 is 5.16. The summed E-state index contributed by atoms with van der Waals surface area (Å²) in [4.78, 5) is 10.7. The van der Waals surface area contributed by atoms with Crippen molar-refractivity contribution in [3.63, 3.8) is 0 Å². The van der Waals surface area contributed by atoms with Crippen molar-refractivity contribution in [2.45, 2.75) is 18.8 Å². The molecule has 0 heterocycles. The average Bonchev–Trinajstić information content (AvgIpc) is 2.27. The molecular formula is C11H9ClF4O2. The third kappa shape index (κ3) is 4.18. The largest absolute Gasteiger partial charge is 0.487 e. The minimum atomic E-state index is -4.24. The van der Waals surface area contributed by atoms with Gasteiger partial charge in [-0.3, -0.25) is 4.79 Å². The van der Waals surface area contributed by atoms with Crippen LogP contribution < -0.4 is 4.74 Å². The highest BCUT2D eigenvalue weighted by atomic mass is 35.5. The topological polar surface area (TPSA) is 26.3 Å². The van der Waals surface area contributed by atoms with Gasteiger partial charge in [-0.05, 0) is 17.7 Å². The van der Waals surface area contributed by atoms with Crippen LogP contribution in [0.25, 0.3) is 0 Å². The summed E-state index contributed by atoms with van der Waals surface area (Å²) < 4.78 is 53.8. The molecule has 0 aliphatic carbocycles. The molecule has 0 bridgehead atoms. The number of carbonyl (C=O) groups excluding carboxylic acids is 1. The molecule has 1 aromatic rings. The van der Waals surface area contributed by atoms with Gasteiger partial charge >= 0.3 is 12.3 Å². The number of halogens is 5. The van der Waals surface area contributed by atoms with Crippen LogP contribution in [-0.2, 0) is 11.2 Å². The lowest BCUT2D eigenvalue weighted by molar-refractivity contribution is -0.148. The summed E-state index contributed by atoms with van der Waals surface area (Å²) in [5, 5.41) is -0.702. The van der Waals surface area contributed by atoms with E-state index < -0.39 is 24.2 Å². The van der Waals surface area contributed by atoms with E-state index in [4.69, 9.17) is 11.6 Å². The van der Waals surface area contributed by atoms with Gasteiger partial charge < -0.3 is 4.74 Å². The number of para-hydroxylation sites is 1. The molecule has 0 unspecified atom stereocenters. The smallest absolute Gasteiger partial charge is 0.340 e. The van der Waals surface area contributed by atoms with Crippen LogP contribution in [0.2, 0.25) is 0 Å². The third-order valence-corrected chi connectivity index (χ3v) is 2.18. The summed E-state index contributed by atoms with van der Waals surface area (Å²) in [6.07, 6.45) is -4.03. The Balaban J connectivity index is 2.76. The molecule has 2 nitrogen and oxygen atoms in total. The molecule has 0 aliphatic rings. The monoisotopic (exact) mass is 284 g/mol. The number of hydrogen-bond donors (Lipinski definition) is 0. The fraction of sp³-hybridized carbons (Fsp3) is 0.364. The molecular weight excluding hydrogens is 276 g/mol. The molecule has 0 radical (unpaired) electrons. The predicted molar refractivity (Wildman–Crippen MR) is 57.5 cm³/mol. The van der Waals surface area contributed by atoms with Crippen molar-refractivity contribution in [2.75, 3.05) is 6.61 Å². The highest BCUT2D eigenvalue weighted by Crippen LogP contribution is 2.26. The second-order valence-corrected chi connectivity index (χ2v) is 3.91. The van der Waals surface area contributed by atoms with Crippen LogP contribution in [0.4, 0.5) is 17.6 Å². The molecule has 7 heteroatoms. The van der Waals surface area contributed by atoms with Crippen molar-refractivity contribution >= 4 is 16.8 Å². The summed E-state index contributed by atoms with van der Waals surface area (Å²) in [5.74, 6) is -4.30. The summed E-state index contributed by atoms with van der Waals surface area (Å²) in [7, 11) is 0. The van der Waals surface area contributed by atoms with Crippen LogP contribution in [0.3, 0.4) is 0 Å².